The Hall–Kier alpha value is -3.66. The van der Waals surface area contributed by atoms with Gasteiger partial charge >= 0.3 is 0 Å². The number of hydrogen-bond acceptors (Lipinski definition) is 5. The molecule has 2 aromatic rings. The lowest BCUT2D eigenvalue weighted by Crippen LogP contribution is -2.30. The van der Waals surface area contributed by atoms with E-state index in [1.165, 1.54) is 30.5 Å². The quantitative estimate of drug-likeness (QED) is 0.820. The molecule has 1 aromatic carbocycles. The van der Waals surface area contributed by atoms with E-state index >= 15 is 0 Å². The highest BCUT2D eigenvalue weighted by atomic mass is 19.1. The minimum absolute atomic E-state index is 0.0517. The van der Waals surface area contributed by atoms with E-state index in [2.05, 4.69) is 21.2 Å². The van der Waals surface area contributed by atoms with Crippen molar-refractivity contribution in [2.24, 2.45) is 10.7 Å². The second-order valence-electron chi connectivity index (χ2n) is 6.18. The van der Waals surface area contributed by atoms with E-state index in [0.717, 1.165) is 0 Å². The van der Waals surface area contributed by atoms with E-state index in [4.69, 9.17) is 16.9 Å². The number of nitrogens with two attached hydrogens (primary N) is 1. The molecule has 136 valence electrons. The van der Waals surface area contributed by atoms with Gasteiger partial charge in [0.15, 0.2) is 0 Å². The molecule has 1 aliphatic heterocycles. The summed E-state index contributed by atoms with van der Waals surface area (Å²) in [6.07, 6.45) is 8.36. The lowest BCUT2D eigenvalue weighted by atomic mass is 9.90. The molecule has 6 nitrogen and oxygen atoms in total. The number of benzene rings is 1. The molecule has 27 heavy (non-hydrogen) atoms. The summed E-state index contributed by atoms with van der Waals surface area (Å²) in [5, 5.41) is 2.69. The number of allylic oxidation sites excluding steroid dienone is 1. The van der Waals surface area contributed by atoms with Crippen LogP contribution in [0.2, 0.25) is 0 Å². The van der Waals surface area contributed by atoms with Gasteiger partial charge in [0.05, 0.1) is 0 Å². The fourth-order valence-electron chi connectivity index (χ4n) is 2.81. The molecule has 0 radical (unpaired) electrons. The molecule has 0 bridgehead atoms. The minimum atomic E-state index is -1.05. The summed E-state index contributed by atoms with van der Waals surface area (Å²) in [5.74, 6) is 2.02. The lowest BCUT2D eigenvalue weighted by Gasteiger charge is -2.27. The fourth-order valence-corrected chi connectivity index (χ4v) is 2.81. The molecule has 3 N–H and O–H groups in total. The molecule has 0 saturated heterocycles. The van der Waals surface area contributed by atoms with Gasteiger partial charge in [0, 0.05) is 23.0 Å². The van der Waals surface area contributed by atoms with Crippen molar-refractivity contribution in [1.82, 2.24) is 4.98 Å². The average molecular weight is 364 g/mol. The van der Waals surface area contributed by atoms with Crippen molar-refractivity contribution < 1.29 is 13.9 Å². The van der Waals surface area contributed by atoms with Crippen LogP contribution in [0.15, 0.2) is 53.4 Å². The summed E-state index contributed by atoms with van der Waals surface area (Å²) < 4.78 is 19.7. The number of aromatic nitrogens is 1. The van der Waals surface area contributed by atoms with Gasteiger partial charge in [-0.3, -0.25) is 4.79 Å². The van der Waals surface area contributed by atoms with Crippen molar-refractivity contribution >= 4 is 17.6 Å². The third-order valence-corrected chi connectivity index (χ3v) is 4.02. The normalized spacial score (nSPS) is 18.6. The van der Waals surface area contributed by atoms with Gasteiger partial charge in [0.25, 0.3) is 11.9 Å². The number of anilines is 1. The second kappa shape index (κ2) is 6.92. The first kappa shape index (κ1) is 18.1. The number of carbonyl (C=O) groups excluding carboxylic acids is 1. The second-order valence-corrected chi connectivity index (χ2v) is 6.18. The van der Waals surface area contributed by atoms with Gasteiger partial charge in [-0.1, -0.05) is 5.92 Å². The van der Waals surface area contributed by atoms with Gasteiger partial charge in [-0.25, -0.2) is 14.4 Å². The minimum Gasteiger partial charge on any atom is -0.431 e. The number of amidine groups is 1. The number of nitrogens with zero attached hydrogens (tertiary/aromatic N) is 2. The molecule has 1 aliphatic rings. The Morgan fingerprint density at radius 1 is 1.37 bits per heavy atom. The molecule has 2 heterocycles. The highest BCUT2D eigenvalue weighted by Crippen LogP contribution is 2.34. The van der Waals surface area contributed by atoms with Crippen molar-refractivity contribution in [2.45, 2.75) is 19.4 Å². The SMILES string of the molecule is C#Cc1ccc(C(=O)Nc2ccc(F)c([C@]3(C)C=C(C)OC(N)=N3)c2)nc1. The van der Waals surface area contributed by atoms with Crippen LogP contribution in [0.1, 0.15) is 35.5 Å². The number of amides is 1. The maximum Gasteiger partial charge on any atom is 0.288 e. The number of halogens is 1. The Bertz CT molecular complexity index is 986. The van der Waals surface area contributed by atoms with Gasteiger partial charge in [0.1, 0.15) is 22.8 Å². The van der Waals surface area contributed by atoms with E-state index in [1.807, 2.05) is 0 Å². The van der Waals surface area contributed by atoms with Gasteiger partial charge < -0.3 is 15.8 Å². The van der Waals surface area contributed by atoms with E-state index in [-0.39, 0.29) is 17.3 Å². The maximum atomic E-state index is 14.5. The smallest absolute Gasteiger partial charge is 0.288 e. The molecule has 0 fully saturated rings. The Labute approximate surface area is 156 Å². The van der Waals surface area contributed by atoms with Crippen LogP contribution >= 0.6 is 0 Å². The van der Waals surface area contributed by atoms with Crippen LogP contribution < -0.4 is 11.1 Å². The van der Waals surface area contributed by atoms with Gasteiger partial charge in [-0.2, -0.15) is 0 Å². The van der Waals surface area contributed by atoms with Gasteiger partial charge in [0.2, 0.25) is 0 Å². The third-order valence-electron chi connectivity index (χ3n) is 4.02. The highest BCUT2D eigenvalue weighted by molar-refractivity contribution is 6.02. The summed E-state index contributed by atoms with van der Waals surface area (Å²) in [6.45, 7) is 3.41. The molecule has 1 aromatic heterocycles. The van der Waals surface area contributed by atoms with Crippen molar-refractivity contribution in [1.29, 1.82) is 0 Å². The van der Waals surface area contributed by atoms with E-state index in [1.54, 1.807) is 26.0 Å². The van der Waals surface area contributed by atoms with E-state index in [0.29, 0.717) is 17.0 Å². The van der Waals surface area contributed by atoms with Crippen LogP contribution in [0, 0.1) is 18.2 Å². The number of pyridine rings is 1. The largest absolute Gasteiger partial charge is 0.431 e. The maximum absolute atomic E-state index is 14.5. The Morgan fingerprint density at radius 3 is 2.78 bits per heavy atom. The van der Waals surface area contributed by atoms with Crippen LogP contribution in [-0.4, -0.2) is 16.9 Å². The molecule has 0 saturated carbocycles. The number of hydrogen-bond donors (Lipinski definition) is 2. The summed E-state index contributed by atoms with van der Waals surface area (Å²) in [5.41, 5.74) is 6.03. The number of nitrogens with one attached hydrogen (secondary N) is 1. The third kappa shape index (κ3) is 3.80. The molecular formula is C20H17FN4O2. The van der Waals surface area contributed by atoms with E-state index < -0.39 is 17.3 Å². The number of ether oxygens (including phenoxy) is 1. The van der Waals surface area contributed by atoms with Crippen LogP contribution in [0.4, 0.5) is 10.1 Å². The van der Waals surface area contributed by atoms with Crippen molar-refractivity contribution in [2.75, 3.05) is 5.32 Å². The molecule has 1 amide bonds. The zero-order valence-electron chi connectivity index (χ0n) is 14.8. The summed E-state index contributed by atoms with van der Waals surface area (Å²) >= 11 is 0. The number of aliphatic imine (C=N–C) groups is 1. The van der Waals surface area contributed by atoms with Crippen LogP contribution in [0.5, 0.6) is 0 Å². The van der Waals surface area contributed by atoms with Crippen molar-refractivity contribution in [3.05, 3.63) is 71.0 Å². The molecule has 7 heteroatoms. The van der Waals surface area contributed by atoms with Gasteiger partial charge in [-0.15, -0.1) is 6.42 Å². The Morgan fingerprint density at radius 2 is 2.15 bits per heavy atom. The fraction of sp³-hybridized carbons (Fsp3) is 0.150. The zero-order chi connectivity index (χ0) is 19.6. The summed E-state index contributed by atoms with van der Waals surface area (Å²) in [6, 6.07) is 7.31. The monoisotopic (exact) mass is 364 g/mol. The van der Waals surface area contributed by atoms with Gasteiger partial charge in [-0.05, 0) is 50.3 Å². The molecule has 0 spiro atoms. The molecule has 3 rings (SSSR count). The van der Waals surface area contributed by atoms with E-state index in [9.17, 15) is 9.18 Å². The average Bonchev–Trinajstić information content (AvgIpc) is 2.62. The zero-order valence-corrected chi connectivity index (χ0v) is 14.8. The van der Waals surface area contributed by atoms with Crippen LogP contribution in [-0.2, 0) is 10.3 Å². The molecule has 0 unspecified atom stereocenters. The molecular weight excluding hydrogens is 347 g/mol. The first-order chi connectivity index (χ1) is 12.8. The first-order valence-electron chi connectivity index (χ1n) is 8.07. The van der Waals surface area contributed by atoms with Crippen molar-refractivity contribution in [3.63, 3.8) is 0 Å². The Kier molecular flexibility index (Phi) is 4.65. The van der Waals surface area contributed by atoms with Crippen molar-refractivity contribution in [3.8, 4) is 12.3 Å². The topological polar surface area (TPSA) is 89.6 Å². The summed E-state index contributed by atoms with van der Waals surface area (Å²) in [7, 11) is 0. The van der Waals surface area contributed by atoms with Crippen LogP contribution in [0.25, 0.3) is 0 Å². The predicted molar refractivity (Wildman–Crippen MR) is 100 cm³/mol. The summed E-state index contributed by atoms with van der Waals surface area (Å²) in [4.78, 5) is 20.6. The van der Waals surface area contributed by atoms with Crippen LogP contribution in [0.3, 0.4) is 0 Å². The highest BCUT2D eigenvalue weighted by Gasteiger charge is 2.31. The number of rotatable bonds is 3. The number of carbonyl (C=O) groups is 1. The lowest BCUT2D eigenvalue weighted by molar-refractivity contribution is 0.102. The Balaban J connectivity index is 1.90. The predicted octanol–water partition coefficient (Wildman–Crippen LogP) is 2.92. The number of terminal acetylenes is 1. The first-order valence-corrected chi connectivity index (χ1v) is 8.07. The standard InChI is InChI=1S/C20H17FN4O2/c1-4-13-5-8-17(23-11-13)18(26)24-14-6-7-16(21)15(9-14)20(3)10-12(2)27-19(22)25-20/h1,5-11H,2-3H3,(H2,22,25)(H,24,26)/t20-/m0/s1. The molecule has 0 aliphatic carbocycles. The molecule has 1 atom stereocenters.